The zero-order valence-corrected chi connectivity index (χ0v) is 14.2. The average molecular weight is 313 g/mol. The van der Waals surface area contributed by atoms with Gasteiger partial charge in [-0.2, -0.15) is 0 Å². The van der Waals surface area contributed by atoms with E-state index >= 15 is 0 Å². The molecule has 0 amide bonds. The van der Waals surface area contributed by atoms with Crippen LogP contribution in [0, 0.1) is 20.8 Å². The van der Waals surface area contributed by atoms with E-state index in [-0.39, 0.29) is 6.04 Å². The van der Waals surface area contributed by atoms with Gasteiger partial charge in [-0.25, -0.2) is 25.4 Å². The normalized spacial score (nSPS) is 16.7. The lowest BCUT2D eigenvalue weighted by Gasteiger charge is -2.18. The fraction of sp³-hybridized carbons (Fsp3) is 0.375. The van der Waals surface area contributed by atoms with Crippen molar-refractivity contribution in [1.29, 1.82) is 0 Å². The first-order chi connectivity index (χ1) is 11.1. The van der Waals surface area contributed by atoms with E-state index in [4.69, 9.17) is 0 Å². The molecule has 1 atom stereocenters. The molecule has 2 aromatic heterocycles. The number of nitrogens with one attached hydrogen (secondary N) is 1. The van der Waals surface area contributed by atoms with E-state index in [2.05, 4.69) is 44.2 Å². The number of nitrogens with zero attached hydrogens (tertiary/aromatic N) is 5. The third-order valence-electron chi connectivity index (χ3n) is 3.58. The first kappa shape index (κ1) is 17.0. The number of rotatable bonds is 2. The molecule has 3 rings (SSSR count). The summed E-state index contributed by atoms with van der Waals surface area (Å²) in [4.78, 5) is 17.1. The molecule has 0 fully saturated rings. The van der Waals surface area contributed by atoms with Gasteiger partial charge in [-0.3, -0.25) is 5.01 Å². The van der Waals surface area contributed by atoms with Crippen LogP contribution < -0.4 is 16.2 Å². The third-order valence-corrected chi connectivity index (χ3v) is 3.58. The van der Waals surface area contributed by atoms with Crippen LogP contribution in [0.4, 0.5) is 5.69 Å². The van der Waals surface area contributed by atoms with Crippen LogP contribution in [0.25, 0.3) is 5.57 Å². The van der Waals surface area contributed by atoms with E-state index in [0.717, 1.165) is 34.0 Å². The maximum absolute atomic E-state index is 4.58. The topological polar surface area (TPSA) is 92.9 Å². The van der Waals surface area contributed by atoms with Crippen LogP contribution in [0.15, 0.2) is 24.9 Å². The van der Waals surface area contributed by atoms with Gasteiger partial charge in [0, 0.05) is 18.0 Å². The smallest absolute Gasteiger partial charge is 0.125 e. The Morgan fingerprint density at radius 3 is 2.57 bits per heavy atom. The predicted molar refractivity (Wildman–Crippen MR) is 91.4 cm³/mol. The summed E-state index contributed by atoms with van der Waals surface area (Å²) in [5.41, 5.74) is 13.0. The Kier molecular flexibility index (Phi) is 5.36. The van der Waals surface area contributed by atoms with Crippen molar-refractivity contribution in [3.05, 3.63) is 47.7 Å². The zero-order valence-electron chi connectivity index (χ0n) is 14.2. The summed E-state index contributed by atoms with van der Waals surface area (Å²) in [7, 11) is 1.50. The van der Waals surface area contributed by atoms with Gasteiger partial charge >= 0.3 is 0 Å². The van der Waals surface area contributed by atoms with Gasteiger partial charge < -0.3 is 5.73 Å². The molecular formula is C16H23N7. The Bertz CT molecular complexity index is 711. The van der Waals surface area contributed by atoms with Gasteiger partial charge in [0.1, 0.15) is 12.2 Å². The summed E-state index contributed by atoms with van der Waals surface area (Å²) in [6.07, 6.45) is 7.29. The standard InChI is InChI=1S/C15H18N6.CH5N/c1-9-5-17-12(4)19-15(9)13-7-21(20-10(13)2)14-6-16-8-18-11(14)3;1-2/h5-8,10,20H,1-4H3;2H2,1H3. The average Bonchev–Trinajstić information content (AvgIpc) is 2.93. The molecule has 3 heterocycles. The third kappa shape index (κ3) is 3.52. The van der Waals surface area contributed by atoms with Crippen molar-refractivity contribution in [1.82, 2.24) is 25.4 Å². The molecular weight excluding hydrogens is 290 g/mol. The number of aromatic nitrogens is 4. The summed E-state index contributed by atoms with van der Waals surface area (Å²) in [6.45, 7) is 8.02. The van der Waals surface area contributed by atoms with Crippen molar-refractivity contribution in [2.24, 2.45) is 5.73 Å². The van der Waals surface area contributed by atoms with E-state index in [9.17, 15) is 0 Å². The summed E-state index contributed by atoms with van der Waals surface area (Å²) in [6, 6.07) is 0.164. The number of hydrogen-bond donors (Lipinski definition) is 2. The van der Waals surface area contributed by atoms with Crippen molar-refractivity contribution in [3.63, 3.8) is 0 Å². The fourth-order valence-corrected chi connectivity index (χ4v) is 2.41. The quantitative estimate of drug-likeness (QED) is 0.868. The predicted octanol–water partition coefficient (Wildman–Crippen LogP) is 1.52. The molecule has 0 aromatic carbocycles. The van der Waals surface area contributed by atoms with Gasteiger partial charge in [0.2, 0.25) is 0 Å². The summed E-state index contributed by atoms with van der Waals surface area (Å²) in [5.74, 6) is 0.779. The lowest BCUT2D eigenvalue weighted by atomic mass is 10.0. The van der Waals surface area contributed by atoms with E-state index in [1.807, 2.05) is 32.0 Å². The minimum absolute atomic E-state index is 0.164. The first-order valence-electron chi connectivity index (χ1n) is 7.48. The second-order valence-corrected chi connectivity index (χ2v) is 5.25. The maximum atomic E-state index is 4.58. The fourth-order valence-electron chi connectivity index (χ4n) is 2.41. The van der Waals surface area contributed by atoms with Crippen LogP contribution in [0.5, 0.6) is 0 Å². The van der Waals surface area contributed by atoms with Gasteiger partial charge in [0.05, 0.1) is 29.3 Å². The number of hydrogen-bond acceptors (Lipinski definition) is 7. The molecule has 0 aliphatic carbocycles. The molecule has 7 nitrogen and oxygen atoms in total. The van der Waals surface area contributed by atoms with Crippen LogP contribution in [0.1, 0.15) is 29.7 Å². The lowest BCUT2D eigenvalue weighted by molar-refractivity contribution is 0.684. The number of anilines is 1. The van der Waals surface area contributed by atoms with Crippen LogP contribution in [0.3, 0.4) is 0 Å². The van der Waals surface area contributed by atoms with Gasteiger partial charge in [0.25, 0.3) is 0 Å². The van der Waals surface area contributed by atoms with Crippen molar-refractivity contribution < 1.29 is 0 Å². The molecule has 0 saturated carbocycles. The minimum atomic E-state index is 0.164. The highest BCUT2D eigenvalue weighted by Crippen LogP contribution is 2.28. The number of nitrogens with two attached hydrogens (primary N) is 1. The monoisotopic (exact) mass is 313 g/mol. The lowest BCUT2D eigenvalue weighted by Crippen LogP contribution is -2.34. The molecule has 1 aliphatic rings. The van der Waals surface area contributed by atoms with Crippen molar-refractivity contribution >= 4 is 11.3 Å². The number of aryl methyl sites for hydroxylation is 3. The first-order valence-corrected chi connectivity index (χ1v) is 7.48. The molecule has 3 N–H and O–H groups in total. The van der Waals surface area contributed by atoms with Gasteiger partial charge in [-0.15, -0.1) is 0 Å². The highest BCUT2D eigenvalue weighted by Gasteiger charge is 2.25. The molecule has 0 saturated heterocycles. The largest absolute Gasteiger partial charge is 0.333 e. The molecule has 1 aliphatic heterocycles. The van der Waals surface area contributed by atoms with Crippen molar-refractivity contribution in [2.45, 2.75) is 33.7 Å². The highest BCUT2D eigenvalue weighted by molar-refractivity contribution is 5.75. The molecule has 0 bridgehead atoms. The van der Waals surface area contributed by atoms with Crippen LogP contribution in [-0.4, -0.2) is 33.0 Å². The summed E-state index contributed by atoms with van der Waals surface area (Å²) >= 11 is 0. The van der Waals surface area contributed by atoms with Crippen LogP contribution in [-0.2, 0) is 0 Å². The second kappa shape index (κ2) is 7.26. The minimum Gasteiger partial charge on any atom is -0.333 e. The molecule has 1 unspecified atom stereocenters. The Hall–Kier alpha value is -2.38. The molecule has 0 spiro atoms. The van der Waals surface area contributed by atoms with E-state index in [1.54, 1.807) is 12.5 Å². The van der Waals surface area contributed by atoms with Gasteiger partial charge in [-0.1, -0.05) is 0 Å². The van der Waals surface area contributed by atoms with Gasteiger partial charge in [0.15, 0.2) is 0 Å². The Labute approximate surface area is 136 Å². The maximum Gasteiger partial charge on any atom is 0.125 e. The molecule has 122 valence electrons. The van der Waals surface area contributed by atoms with Crippen LogP contribution in [0.2, 0.25) is 0 Å². The molecule has 23 heavy (non-hydrogen) atoms. The zero-order chi connectivity index (χ0) is 17.0. The molecule has 0 radical (unpaired) electrons. The van der Waals surface area contributed by atoms with E-state index in [1.165, 1.54) is 7.05 Å². The van der Waals surface area contributed by atoms with E-state index in [0.29, 0.717) is 0 Å². The Balaban J connectivity index is 0.000000924. The Morgan fingerprint density at radius 1 is 1.13 bits per heavy atom. The highest BCUT2D eigenvalue weighted by atomic mass is 15.5. The van der Waals surface area contributed by atoms with Gasteiger partial charge in [-0.05, 0) is 40.3 Å². The summed E-state index contributed by atoms with van der Waals surface area (Å²) < 4.78 is 0. The molecule has 2 aromatic rings. The summed E-state index contributed by atoms with van der Waals surface area (Å²) in [5, 5.41) is 1.96. The number of hydrazine groups is 1. The van der Waals surface area contributed by atoms with Crippen molar-refractivity contribution in [3.8, 4) is 0 Å². The molecule has 7 heteroatoms. The SMILES string of the molecule is CN.Cc1ncc(C)c(C2=CN(c3cncnc3C)NC2C)n1. The second-order valence-electron chi connectivity index (χ2n) is 5.25. The van der Waals surface area contributed by atoms with Crippen molar-refractivity contribution in [2.75, 3.05) is 12.1 Å². The van der Waals surface area contributed by atoms with E-state index < -0.39 is 0 Å². The Morgan fingerprint density at radius 2 is 1.87 bits per heavy atom. The van der Waals surface area contributed by atoms with Crippen LogP contribution >= 0.6 is 0 Å².